The zero-order valence-corrected chi connectivity index (χ0v) is 17.5. The number of carbonyl (C=O) groups is 2. The first-order valence-corrected chi connectivity index (χ1v) is 10.2. The summed E-state index contributed by atoms with van der Waals surface area (Å²) in [6.07, 6.45) is 10.6. The van der Waals surface area contributed by atoms with Crippen molar-refractivity contribution in [3.05, 3.63) is 64.7 Å². The maximum Gasteiger partial charge on any atom is 0.219 e. The lowest BCUT2D eigenvalue weighted by Crippen LogP contribution is -2.16. The molecule has 0 aliphatic heterocycles. The van der Waals surface area contributed by atoms with E-state index in [0.29, 0.717) is 36.5 Å². The van der Waals surface area contributed by atoms with Gasteiger partial charge in [0.2, 0.25) is 5.91 Å². The van der Waals surface area contributed by atoms with E-state index in [0.717, 1.165) is 24.0 Å². The number of hydrogen-bond acceptors (Lipinski definition) is 4. The summed E-state index contributed by atoms with van der Waals surface area (Å²) in [5.41, 5.74) is 1.76. The van der Waals surface area contributed by atoms with Gasteiger partial charge in [-0.15, -0.1) is 0 Å². The molecule has 156 valence electrons. The van der Waals surface area contributed by atoms with E-state index in [9.17, 15) is 14.7 Å². The van der Waals surface area contributed by atoms with Crippen LogP contribution in [0, 0.1) is 0 Å². The van der Waals surface area contributed by atoms with Crippen molar-refractivity contribution in [1.29, 1.82) is 0 Å². The van der Waals surface area contributed by atoms with Gasteiger partial charge in [0.15, 0.2) is 5.78 Å². The number of aliphatic hydroxyl groups is 1. The fraction of sp³-hybridized carbons (Fsp3) is 0.391. The highest BCUT2D eigenvalue weighted by atomic mass is 35.5. The minimum atomic E-state index is -0.779. The standard InChI is InChI=1S/C23H28ClNO4/c1-25-23(28)10-5-3-2-4-9-21-17(12-14-22(21)27)11-13-19(26)16-29-20-8-6-7-18(24)15-20/h2,4,6-8,11,13,15,19,26H,3,5,9-10,12,14,16H2,1H3,(H,25,28). The minimum absolute atomic E-state index is 0.0393. The highest BCUT2D eigenvalue weighted by molar-refractivity contribution is 6.30. The Balaban J connectivity index is 1.83. The van der Waals surface area contributed by atoms with Crippen molar-refractivity contribution in [1.82, 2.24) is 5.32 Å². The third-order valence-corrected chi connectivity index (χ3v) is 4.86. The van der Waals surface area contributed by atoms with Crippen LogP contribution in [0.2, 0.25) is 5.02 Å². The van der Waals surface area contributed by atoms with Crippen LogP contribution in [-0.2, 0) is 9.59 Å². The number of allylic oxidation sites excluding steroid dienone is 5. The third kappa shape index (κ3) is 8.26. The molecule has 29 heavy (non-hydrogen) atoms. The molecule has 1 aromatic rings. The van der Waals surface area contributed by atoms with Crippen LogP contribution in [0.25, 0.3) is 0 Å². The van der Waals surface area contributed by atoms with Crippen molar-refractivity contribution < 1.29 is 19.4 Å². The number of nitrogens with one attached hydrogen (secondary N) is 1. The number of ether oxygens (including phenoxy) is 1. The first kappa shape index (κ1) is 22.9. The van der Waals surface area contributed by atoms with E-state index in [1.54, 1.807) is 37.4 Å². The van der Waals surface area contributed by atoms with E-state index in [2.05, 4.69) is 5.32 Å². The topological polar surface area (TPSA) is 75.6 Å². The monoisotopic (exact) mass is 417 g/mol. The summed E-state index contributed by atoms with van der Waals surface area (Å²) in [7, 11) is 1.63. The summed E-state index contributed by atoms with van der Waals surface area (Å²) in [4.78, 5) is 23.3. The molecule has 0 fully saturated rings. The number of hydrogen-bond donors (Lipinski definition) is 2. The Morgan fingerprint density at radius 1 is 1.34 bits per heavy atom. The number of aliphatic hydroxyl groups excluding tert-OH is 1. The summed E-state index contributed by atoms with van der Waals surface area (Å²) in [5.74, 6) is 0.796. The minimum Gasteiger partial charge on any atom is -0.491 e. The highest BCUT2D eigenvalue weighted by Gasteiger charge is 2.20. The number of benzene rings is 1. The summed E-state index contributed by atoms with van der Waals surface area (Å²) in [6, 6.07) is 7.01. The molecule has 2 rings (SSSR count). The maximum atomic E-state index is 12.1. The number of unbranched alkanes of at least 4 members (excludes halogenated alkanes) is 1. The molecule has 1 aliphatic carbocycles. The molecule has 1 aliphatic rings. The van der Waals surface area contributed by atoms with Gasteiger partial charge in [0.05, 0.1) is 0 Å². The average molecular weight is 418 g/mol. The molecule has 0 aromatic heterocycles. The largest absolute Gasteiger partial charge is 0.491 e. The van der Waals surface area contributed by atoms with Gasteiger partial charge >= 0.3 is 0 Å². The highest BCUT2D eigenvalue weighted by Crippen LogP contribution is 2.27. The lowest BCUT2D eigenvalue weighted by Gasteiger charge is -2.09. The Labute approximate surface area is 177 Å². The van der Waals surface area contributed by atoms with Crippen LogP contribution < -0.4 is 10.1 Å². The molecule has 6 heteroatoms. The molecule has 0 bridgehead atoms. The number of carbonyl (C=O) groups excluding carboxylic acids is 2. The van der Waals surface area contributed by atoms with Crippen LogP contribution in [0.4, 0.5) is 0 Å². The Kier molecular flexibility index (Phi) is 9.68. The average Bonchev–Trinajstić information content (AvgIpc) is 3.06. The van der Waals surface area contributed by atoms with Crippen LogP contribution in [0.15, 0.2) is 59.7 Å². The molecule has 0 heterocycles. The van der Waals surface area contributed by atoms with Crippen LogP contribution in [0.5, 0.6) is 5.75 Å². The molecular formula is C23H28ClNO4. The smallest absolute Gasteiger partial charge is 0.219 e. The predicted octanol–water partition coefficient (Wildman–Crippen LogP) is 4.16. The quantitative estimate of drug-likeness (QED) is 0.418. The van der Waals surface area contributed by atoms with Crippen LogP contribution in [0.1, 0.15) is 38.5 Å². The van der Waals surface area contributed by atoms with E-state index in [-0.39, 0.29) is 18.3 Å². The number of ketones is 1. The zero-order valence-electron chi connectivity index (χ0n) is 16.7. The van der Waals surface area contributed by atoms with Gasteiger partial charge in [-0.05, 0) is 49.5 Å². The lowest BCUT2D eigenvalue weighted by molar-refractivity contribution is -0.120. The first-order valence-electron chi connectivity index (χ1n) is 9.85. The van der Waals surface area contributed by atoms with E-state index < -0.39 is 6.10 Å². The summed E-state index contributed by atoms with van der Waals surface area (Å²) >= 11 is 5.91. The fourth-order valence-electron chi connectivity index (χ4n) is 3.00. The number of amides is 1. The van der Waals surface area contributed by atoms with Crippen molar-refractivity contribution in [3.63, 3.8) is 0 Å². The normalized spacial score (nSPS) is 15.5. The molecule has 5 nitrogen and oxygen atoms in total. The van der Waals surface area contributed by atoms with Crippen LogP contribution in [0.3, 0.4) is 0 Å². The van der Waals surface area contributed by atoms with Gasteiger partial charge in [-0.2, -0.15) is 0 Å². The second kappa shape index (κ2) is 12.2. The van der Waals surface area contributed by atoms with Crippen LogP contribution in [-0.4, -0.2) is 36.6 Å². The Morgan fingerprint density at radius 3 is 2.93 bits per heavy atom. The number of Topliss-reactive ketones (excluding diaryl/α,β-unsaturated/α-hetero) is 1. The van der Waals surface area contributed by atoms with E-state index in [1.165, 1.54) is 0 Å². The van der Waals surface area contributed by atoms with E-state index in [1.807, 2.05) is 18.2 Å². The van der Waals surface area contributed by atoms with Gasteiger partial charge in [-0.1, -0.05) is 42.0 Å². The summed E-state index contributed by atoms with van der Waals surface area (Å²) in [5, 5.41) is 13.3. The zero-order chi connectivity index (χ0) is 21.1. The van der Waals surface area contributed by atoms with Gasteiger partial charge in [0.25, 0.3) is 0 Å². The number of halogens is 1. The van der Waals surface area contributed by atoms with E-state index >= 15 is 0 Å². The molecule has 1 aromatic carbocycles. The molecule has 0 saturated carbocycles. The second-order valence-electron chi connectivity index (χ2n) is 6.86. The molecule has 0 radical (unpaired) electrons. The molecular weight excluding hydrogens is 390 g/mol. The van der Waals surface area contributed by atoms with Gasteiger partial charge in [0, 0.05) is 30.5 Å². The summed E-state index contributed by atoms with van der Waals surface area (Å²) in [6.45, 7) is 0.110. The van der Waals surface area contributed by atoms with Gasteiger partial charge in [-0.25, -0.2) is 0 Å². The van der Waals surface area contributed by atoms with Crippen molar-refractivity contribution in [3.8, 4) is 5.75 Å². The van der Waals surface area contributed by atoms with Crippen LogP contribution >= 0.6 is 11.6 Å². The predicted molar refractivity (Wildman–Crippen MR) is 115 cm³/mol. The Hall–Kier alpha value is -2.37. The molecule has 1 unspecified atom stereocenters. The lowest BCUT2D eigenvalue weighted by atomic mass is 10.1. The van der Waals surface area contributed by atoms with E-state index in [4.69, 9.17) is 16.3 Å². The third-order valence-electron chi connectivity index (χ3n) is 4.62. The maximum absolute atomic E-state index is 12.1. The van der Waals surface area contributed by atoms with Crippen molar-refractivity contribution >= 4 is 23.3 Å². The summed E-state index contributed by atoms with van der Waals surface area (Å²) < 4.78 is 5.53. The molecule has 0 spiro atoms. The Morgan fingerprint density at radius 2 is 2.17 bits per heavy atom. The molecule has 1 atom stereocenters. The van der Waals surface area contributed by atoms with Gasteiger partial charge in [-0.3, -0.25) is 9.59 Å². The molecule has 0 saturated heterocycles. The Bertz CT molecular complexity index is 798. The SMILES string of the molecule is CNC(=O)CCCC=CCC1=C(C=CC(O)COc2cccc(Cl)c2)CCC1=O. The van der Waals surface area contributed by atoms with Crippen molar-refractivity contribution in [2.24, 2.45) is 0 Å². The molecule has 1 amide bonds. The second-order valence-corrected chi connectivity index (χ2v) is 7.30. The fourth-order valence-corrected chi connectivity index (χ4v) is 3.18. The first-order chi connectivity index (χ1) is 14.0. The van der Waals surface area contributed by atoms with Crippen molar-refractivity contribution in [2.75, 3.05) is 13.7 Å². The van der Waals surface area contributed by atoms with Crippen molar-refractivity contribution in [2.45, 2.75) is 44.6 Å². The van der Waals surface area contributed by atoms with Gasteiger partial charge < -0.3 is 15.2 Å². The number of rotatable bonds is 11. The molecule has 2 N–H and O–H groups in total. The van der Waals surface area contributed by atoms with Gasteiger partial charge in [0.1, 0.15) is 18.5 Å².